The van der Waals surface area contributed by atoms with Crippen molar-refractivity contribution in [1.29, 1.82) is 0 Å². The number of aromatic nitrogens is 3. The molecule has 1 saturated carbocycles. The topological polar surface area (TPSA) is 124 Å². The molecule has 1 atom stereocenters. The molecule has 9 nitrogen and oxygen atoms in total. The minimum Gasteiger partial charge on any atom is -0.417 e. The number of halogens is 4. The molecule has 158 valence electrons. The predicted molar refractivity (Wildman–Crippen MR) is 88.2 cm³/mol. The van der Waals surface area contributed by atoms with Gasteiger partial charge in [-0.2, -0.15) is 26.5 Å². The van der Waals surface area contributed by atoms with Crippen molar-refractivity contribution in [2.45, 2.75) is 31.3 Å². The van der Waals surface area contributed by atoms with E-state index in [1.807, 2.05) is 0 Å². The SMILES string of the molecule is NS(=O)(=O)N1CCC2(CC1)[C@H](c1nc(-c3ccnc(OC(F)F)c3)no1)C2(F)F. The maximum absolute atomic E-state index is 14.6. The molecule has 2 aliphatic rings. The number of nitrogens with two attached hydrogens (primary N) is 1. The summed E-state index contributed by atoms with van der Waals surface area (Å²) in [7, 11) is -3.95. The van der Waals surface area contributed by atoms with Gasteiger partial charge in [0, 0.05) is 30.9 Å². The summed E-state index contributed by atoms with van der Waals surface area (Å²) in [5.41, 5.74) is -1.28. The third kappa shape index (κ3) is 3.34. The first-order valence-electron chi connectivity index (χ1n) is 8.45. The second-order valence-electron chi connectivity index (χ2n) is 6.87. The first-order chi connectivity index (χ1) is 13.5. The molecule has 0 amide bonds. The summed E-state index contributed by atoms with van der Waals surface area (Å²) in [5, 5.41) is 8.70. The highest BCUT2D eigenvalue weighted by Crippen LogP contribution is 2.75. The van der Waals surface area contributed by atoms with Crippen molar-refractivity contribution >= 4 is 10.2 Å². The molecule has 2 aromatic rings. The first-order valence-corrected chi connectivity index (χ1v) is 9.95. The Labute approximate surface area is 162 Å². The molecule has 0 unspecified atom stereocenters. The molecular weight excluding hydrogens is 422 g/mol. The molecule has 1 aliphatic heterocycles. The van der Waals surface area contributed by atoms with Crippen molar-refractivity contribution in [2.24, 2.45) is 10.6 Å². The van der Waals surface area contributed by atoms with Crippen LogP contribution in [0.25, 0.3) is 11.4 Å². The van der Waals surface area contributed by atoms with Crippen molar-refractivity contribution in [3.8, 4) is 17.3 Å². The molecule has 2 aromatic heterocycles. The van der Waals surface area contributed by atoms with Gasteiger partial charge in [-0.15, -0.1) is 0 Å². The van der Waals surface area contributed by atoms with Gasteiger partial charge in [-0.25, -0.2) is 18.9 Å². The van der Waals surface area contributed by atoms with Crippen LogP contribution in [0.3, 0.4) is 0 Å². The lowest BCUT2D eigenvalue weighted by atomic mass is 9.91. The lowest BCUT2D eigenvalue weighted by Gasteiger charge is -2.30. The second-order valence-corrected chi connectivity index (χ2v) is 8.42. The molecule has 1 saturated heterocycles. The fraction of sp³-hybridized carbons (Fsp3) is 0.533. The third-order valence-corrected chi connectivity index (χ3v) is 6.45. The number of ether oxygens (including phenoxy) is 1. The monoisotopic (exact) mass is 437 g/mol. The van der Waals surface area contributed by atoms with Gasteiger partial charge < -0.3 is 9.26 Å². The fourth-order valence-electron chi connectivity index (χ4n) is 3.84. The van der Waals surface area contributed by atoms with E-state index in [4.69, 9.17) is 9.66 Å². The molecule has 0 bridgehead atoms. The van der Waals surface area contributed by atoms with Crippen LogP contribution in [0.4, 0.5) is 17.6 Å². The summed E-state index contributed by atoms with van der Waals surface area (Å²) in [5.74, 6) is -5.28. The number of rotatable bonds is 5. The maximum Gasteiger partial charge on any atom is 0.388 e. The third-order valence-electron chi connectivity index (χ3n) is 5.36. The molecule has 2 N–H and O–H groups in total. The number of pyridine rings is 1. The van der Waals surface area contributed by atoms with E-state index in [1.54, 1.807) is 0 Å². The Morgan fingerprint density at radius 2 is 2.00 bits per heavy atom. The predicted octanol–water partition coefficient (Wildman–Crippen LogP) is 1.75. The maximum atomic E-state index is 14.6. The molecule has 1 aliphatic carbocycles. The number of piperidine rings is 1. The average molecular weight is 437 g/mol. The van der Waals surface area contributed by atoms with Gasteiger partial charge in [0.1, 0.15) is 5.92 Å². The smallest absolute Gasteiger partial charge is 0.388 e. The Hall–Kier alpha value is -2.32. The van der Waals surface area contributed by atoms with Crippen molar-refractivity contribution in [3.05, 3.63) is 24.2 Å². The van der Waals surface area contributed by atoms with Gasteiger partial charge in [-0.1, -0.05) is 5.16 Å². The molecule has 3 heterocycles. The van der Waals surface area contributed by atoms with Crippen LogP contribution in [-0.2, 0) is 10.2 Å². The average Bonchev–Trinajstić information content (AvgIpc) is 2.96. The quantitative estimate of drug-likeness (QED) is 0.707. The van der Waals surface area contributed by atoms with Crippen molar-refractivity contribution < 1.29 is 35.2 Å². The summed E-state index contributed by atoms with van der Waals surface area (Å²) in [6.45, 7) is -3.35. The van der Waals surface area contributed by atoms with E-state index in [9.17, 15) is 26.0 Å². The zero-order chi connectivity index (χ0) is 21.0. The Morgan fingerprint density at radius 1 is 1.31 bits per heavy atom. The molecule has 2 fully saturated rings. The number of hydrogen-bond acceptors (Lipinski definition) is 7. The zero-order valence-corrected chi connectivity index (χ0v) is 15.5. The van der Waals surface area contributed by atoms with Crippen molar-refractivity contribution in [1.82, 2.24) is 19.4 Å². The largest absolute Gasteiger partial charge is 0.417 e. The van der Waals surface area contributed by atoms with Crippen LogP contribution in [0.1, 0.15) is 24.7 Å². The normalized spacial score (nSPS) is 23.4. The van der Waals surface area contributed by atoms with Crippen LogP contribution < -0.4 is 9.88 Å². The van der Waals surface area contributed by atoms with E-state index in [2.05, 4.69) is 19.9 Å². The van der Waals surface area contributed by atoms with Gasteiger partial charge in [-0.05, 0) is 18.9 Å². The van der Waals surface area contributed by atoms with E-state index in [1.165, 1.54) is 12.3 Å². The van der Waals surface area contributed by atoms with E-state index in [0.717, 1.165) is 10.4 Å². The minimum absolute atomic E-state index is 0.0821. The molecule has 4 rings (SSSR count). The Morgan fingerprint density at radius 3 is 2.62 bits per heavy atom. The van der Waals surface area contributed by atoms with Crippen molar-refractivity contribution in [2.75, 3.05) is 13.1 Å². The van der Waals surface area contributed by atoms with Crippen LogP contribution >= 0.6 is 0 Å². The molecule has 1 spiro atoms. The van der Waals surface area contributed by atoms with Gasteiger partial charge in [0.25, 0.3) is 16.1 Å². The second kappa shape index (κ2) is 6.60. The summed E-state index contributed by atoms with van der Waals surface area (Å²) in [6.07, 6.45) is 0.958. The summed E-state index contributed by atoms with van der Waals surface area (Å²) < 4.78 is 86.8. The molecule has 29 heavy (non-hydrogen) atoms. The zero-order valence-electron chi connectivity index (χ0n) is 14.6. The van der Waals surface area contributed by atoms with E-state index in [0.29, 0.717) is 0 Å². The minimum atomic E-state index is -3.95. The van der Waals surface area contributed by atoms with Crippen molar-refractivity contribution in [3.63, 3.8) is 0 Å². The van der Waals surface area contributed by atoms with Crippen LogP contribution in [0, 0.1) is 5.41 Å². The van der Waals surface area contributed by atoms with Crippen LogP contribution in [0.15, 0.2) is 22.9 Å². The van der Waals surface area contributed by atoms with E-state index in [-0.39, 0.29) is 49.1 Å². The highest BCUT2D eigenvalue weighted by atomic mass is 32.2. The number of nitrogens with zero attached hydrogens (tertiary/aromatic N) is 4. The summed E-state index contributed by atoms with van der Waals surface area (Å²) in [6, 6.07) is 2.52. The fourth-order valence-corrected chi connectivity index (χ4v) is 4.53. The first kappa shape index (κ1) is 20.0. The summed E-state index contributed by atoms with van der Waals surface area (Å²) in [4.78, 5) is 7.60. The lowest BCUT2D eigenvalue weighted by Crippen LogP contribution is -2.43. The molecule has 0 radical (unpaired) electrons. The van der Waals surface area contributed by atoms with Gasteiger partial charge >= 0.3 is 6.61 Å². The standard InChI is InChI=1S/C15H15F4N5O4S/c16-13(17)27-9-7-8(1-4-21-9)11-22-12(28-23-11)10-14(15(10,18)19)2-5-24(6-3-14)29(20,25)26/h1,4,7,10,13H,2-3,5-6H2,(H2,20,25,26)/t10-/m0/s1. The van der Waals surface area contributed by atoms with Crippen LogP contribution in [0.5, 0.6) is 5.88 Å². The molecule has 14 heteroatoms. The van der Waals surface area contributed by atoms with E-state index < -0.39 is 34.1 Å². The number of alkyl halides is 4. The van der Waals surface area contributed by atoms with E-state index >= 15 is 0 Å². The Bertz CT molecular complexity index is 1020. The molecule has 0 aromatic carbocycles. The highest BCUT2D eigenvalue weighted by molar-refractivity contribution is 7.86. The number of hydrogen-bond donors (Lipinski definition) is 1. The van der Waals surface area contributed by atoms with Gasteiger partial charge in [-0.3, -0.25) is 0 Å². The Balaban J connectivity index is 1.55. The van der Waals surface area contributed by atoms with Gasteiger partial charge in [0.2, 0.25) is 17.6 Å². The van der Waals surface area contributed by atoms with Crippen LogP contribution in [-0.4, -0.2) is 53.5 Å². The molecular formula is C15H15F4N5O4S. The lowest BCUT2D eigenvalue weighted by molar-refractivity contribution is -0.0528. The van der Waals surface area contributed by atoms with Gasteiger partial charge in [0.05, 0.1) is 5.41 Å². The van der Waals surface area contributed by atoms with Crippen LogP contribution in [0.2, 0.25) is 0 Å². The van der Waals surface area contributed by atoms with Gasteiger partial charge in [0.15, 0.2) is 0 Å². The Kier molecular flexibility index (Phi) is 4.55. The summed E-state index contributed by atoms with van der Waals surface area (Å²) >= 11 is 0. The highest BCUT2D eigenvalue weighted by Gasteiger charge is 2.82.